The molecule has 4 nitrogen and oxygen atoms in total. The van der Waals surface area contributed by atoms with Crippen LogP contribution in [0, 0.1) is 0 Å². The van der Waals surface area contributed by atoms with Crippen LogP contribution in [0.25, 0.3) is 39.4 Å². The molecule has 234 valence electrons. The monoisotopic (exact) mass is 622 g/mol. The highest BCUT2D eigenvalue weighted by atomic mass is 15.2. The first-order chi connectivity index (χ1) is 23.6. The fourth-order valence-corrected chi connectivity index (χ4v) is 6.44. The standard InChI is InChI=1S/C25H20N2.C19H18N2/c1-18-12-13-19-8-6-7-11-22(19)26(2)23-15-14-20-16-17-27(25(20)24(18)23)21-9-4-3-5-10-21;20-21-19-9-5-4-8-18(19)14-15-10-12-17(13-11-15)16-6-2-1-3-7-16/h3-17H,1H2,2H3;1-13,21H,14,20H2/b13-12-;. The minimum absolute atomic E-state index is 0.870. The third-order valence-corrected chi connectivity index (χ3v) is 8.94. The predicted octanol–water partition coefficient (Wildman–Crippen LogP) is 10.7. The van der Waals surface area contributed by atoms with Gasteiger partial charge in [0.15, 0.2) is 0 Å². The van der Waals surface area contributed by atoms with Gasteiger partial charge in [0.05, 0.1) is 16.9 Å². The van der Waals surface area contributed by atoms with Gasteiger partial charge in [-0.05, 0) is 76.2 Å². The second-order valence-electron chi connectivity index (χ2n) is 11.9. The summed E-state index contributed by atoms with van der Waals surface area (Å²) in [6.07, 6.45) is 7.30. The van der Waals surface area contributed by atoms with Crippen molar-refractivity contribution in [3.05, 3.63) is 193 Å². The zero-order valence-corrected chi connectivity index (χ0v) is 27.1. The summed E-state index contributed by atoms with van der Waals surface area (Å²) in [7, 11) is 2.13. The molecule has 3 N–H and O–H groups in total. The van der Waals surface area contributed by atoms with Crippen molar-refractivity contribution in [2.24, 2.45) is 5.84 Å². The van der Waals surface area contributed by atoms with Gasteiger partial charge in [-0.2, -0.15) is 0 Å². The van der Waals surface area contributed by atoms with Gasteiger partial charge in [0.1, 0.15) is 0 Å². The van der Waals surface area contributed by atoms with E-state index in [1.54, 1.807) is 0 Å². The first-order valence-electron chi connectivity index (χ1n) is 16.2. The van der Waals surface area contributed by atoms with Crippen LogP contribution in [0.15, 0.2) is 171 Å². The summed E-state index contributed by atoms with van der Waals surface area (Å²) in [6, 6.07) is 52.7. The normalized spacial score (nSPS) is 12.6. The number of benzene rings is 6. The number of anilines is 3. The van der Waals surface area contributed by atoms with Crippen LogP contribution in [0.3, 0.4) is 0 Å². The number of nitrogens with two attached hydrogens (primary N) is 1. The Labute approximate surface area is 282 Å². The largest absolute Gasteiger partial charge is 0.344 e. The lowest BCUT2D eigenvalue weighted by Gasteiger charge is -2.27. The second kappa shape index (κ2) is 13.7. The van der Waals surface area contributed by atoms with Crippen molar-refractivity contribution in [1.82, 2.24) is 4.57 Å². The van der Waals surface area contributed by atoms with Gasteiger partial charge in [-0.25, -0.2) is 0 Å². The van der Waals surface area contributed by atoms with Crippen LogP contribution in [0.1, 0.15) is 22.3 Å². The molecule has 4 heteroatoms. The Morgan fingerprint density at radius 2 is 1.29 bits per heavy atom. The quantitative estimate of drug-likeness (QED) is 0.148. The molecule has 0 fully saturated rings. The zero-order valence-electron chi connectivity index (χ0n) is 27.1. The number of nitrogens with zero attached hydrogens (tertiary/aromatic N) is 2. The highest BCUT2D eigenvalue weighted by molar-refractivity contribution is 6.03. The molecule has 0 saturated carbocycles. The Balaban J connectivity index is 0.000000157. The molecule has 6 aromatic carbocycles. The molecule has 2 heterocycles. The number of aromatic nitrogens is 1. The lowest BCUT2D eigenvalue weighted by atomic mass is 9.97. The van der Waals surface area contributed by atoms with E-state index in [0.717, 1.165) is 23.4 Å². The molecule has 0 amide bonds. The number of hydrogen-bond donors (Lipinski definition) is 2. The zero-order chi connectivity index (χ0) is 32.9. The van der Waals surface area contributed by atoms with Crippen molar-refractivity contribution in [2.75, 3.05) is 17.4 Å². The fourth-order valence-electron chi connectivity index (χ4n) is 6.44. The van der Waals surface area contributed by atoms with E-state index >= 15 is 0 Å². The minimum Gasteiger partial charge on any atom is -0.344 e. The second-order valence-corrected chi connectivity index (χ2v) is 11.9. The SMILES string of the molecule is C=C1/C=C\c2ccccc2N(C)c2ccc3ccn(-c4ccccc4)c3c21.NNc1ccccc1Cc1ccc(-c2ccccc2)cc1. The van der Waals surface area contributed by atoms with Gasteiger partial charge in [0.25, 0.3) is 0 Å². The first kappa shape index (κ1) is 30.5. The molecule has 0 saturated heterocycles. The molecule has 48 heavy (non-hydrogen) atoms. The molecule has 0 spiro atoms. The Kier molecular flexibility index (Phi) is 8.73. The van der Waals surface area contributed by atoms with Crippen molar-refractivity contribution in [3.63, 3.8) is 0 Å². The Morgan fingerprint density at radius 3 is 2.06 bits per heavy atom. The molecular formula is C44H38N4. The summed E-state index contributed by atoms with van der Waals surface area (Å²) in [5, 5.41) is 1.22. The Hall–Kier alpha value is -6.10. The van der Waals surface area contributed by atoms with Gasteiger partial charge in [0, 0.05) is 35.6 Å². The molecule has 0 radical (unpaired) electrons. The molecule has 7 aromatic rings. The van der Waals surface area contributed by atoms with E-state index in [0.29, 0.717) is 0 Å². The van der Waals surface area contributed by atoms with E-state index in [1.165, 1.54) is 55.7 Å². The summed E-state index contributed by atoms with van der Waals surface area (Å²) >= 11 is 0. The average molecular weight is 623 g/mol. The van der Waals surface area contributed by atoms with Crippen molar-refractivity contribution < 1.29 is 0 Å². The van der Waals surface area contributed by atoms with Crippen molar-refractivity contribution in [1.29, 1.82) is 0 Å². The predicted molar refractivity (Wildman–Crippen MR) is 205 cm³/mol. The molecule has 0 aliphatic carbocycles. The smallest absolute Gasteiger partial charge is 0.0627 e. The Bertz CT molecular complexity index is 2210. The molecule has 8 rings (SSSR count). The molecule has 1 aromatic heterocycles. The first-order valence-corrected chi connectivity index (χ1v) is 16.2. The number of hydrazine groups is 1. The van der Waals surface area contributed by atoms with Gasteiger partial charge in [-0.3, -0.25) is 5.84 Å². The van der Waals surface area contributed by atoms with Crippen molar-refractivity contribution in [3.8, 4) is 16.8 Å². The summed E-state index contributed by atoms with van der Waals surface area (Å²) in [5.74, 6) is 5.55. The summed E-state index contributed by atoms with van der Waals surface area (Å²) in [5.41, 5.74) is 16.8. The number of para-hydroxylation sites is 3. The van der Waals surface area contributed by atoms with E-state index in [4.69, 9.17) is 5.84 Å². The van der Waals surface area contributed by atoms with Crippen molar-refractivity contribution >= 4 is 39.6 Å². The van der Waals surface area contributed by atoms with E-state index in [9.17, 15) is 0 Å². The lowest BCUT2D eigenvalue weighted by Crippen LogP contribution is -2.14. The maximum absolute atomic E-state index is 5.55. The van der Waals surface area contributed by atoms with Crippen LogP contribution in [0.5, 0.6) is 0 Å². The fraction of sp³-hybridized carbons (Fsp3) is 0.0455. The van der Waals surface area contributed by atoms with Crippen molar-refractivity contribution in [2.45, 2.75) is 6.42 Å². The highest BCUT2D eigenvalue weighted by Gasteiger charge is 2.20. The van der Waals surface area contributed by atoms with Crippen LogP contribution in [-0.2, 0) is 6.42 Å². The average Bonchev–Trinajstić information content (AvgIpc) is 3.59. The van der Waals surface area contributed by atoms with Crippen LogP contribution in [-0.4, -0.2) is 11.6 Å². The third kappa shape index (κ3) is 6.17. The Morgan fingerprint density at radius 1 is 0.625 bits per heavy atom. The van der Waals surface area contributed by atoms with Gasteiger partial charge in [-0.1, -0.05) is 134 Å². The molecule has 0 bridgehead atoms. The number of rotatable bonds is 5. The van der Waals surface area contributed by atoms with Crippen LogP contribution >= 0.6 is 0 Å². The maximum Gasteiger partial charge on any atom is 0.0627 e. The van der Waals surface area contributed by atoms with E-state index in [-0.39, 0.29) is 0 Å². The molecule has 1 aliphatic heterocycles. The van der Waals surface area contributed by atoms with Crippen LogP contribution < -0.4 is 16.2 Å². The van der Waals surface area contributed by atoms with Gasteiger partial charge < -0.3 is 14.9 Å². The lowest BCUT2D eigenvalue weighted by molar-refractivity contribution is 1.12. The van der Waals surface area contributed by atoms with Gasteiger partial charge in [0.2, 0.25) is 0 Å². The number of nitrogens with one attached hydrogen (secondary N) is 1. The van der Waals surface area contributed by atoms with Gasteiger partial charge >= 0.3 is 0 Å². The molecule has 0 atom stereocenters. The summed E-state index contributed by atoms with van der Waals surface area (Å²) in [6.45, 7) is 4.40. The molecule has 0 unspecified atom stereocenters. The summed E-state index contributed by atoms with van der Waals surface area (Å²) < 4.78 is 2.26. The summed E-state index contributed by atoms with van der Waals surface area (Å²) in [4.78, 5) is 2.26. The number of allylic oxidation sites excluding steroid dienone is 2. The topological polar surface area (TPSA) is 46.2 Å². The van der Waals surface area contributed by atoms with Crippen LogP contribution in [0.2, 0.25) is 0 Å². The minimum atomic E-state index is 0.870. The highest BCUT2D eigenvalue weighted by Crippen LogP contribution is 2.41. The number of nitrogen functional groups attached to an aromatic ring is 1. The molecule has 1 aliphatic rings. The third-order valence-electron chi connectivity index (χ3n) is 8.94. The number of fused-ring (bicyclic) bond motifs is 4. The molecular weight excluding hydrogens is 585 g/mol. The van der Waals surface area contributed by atoms with E-state index < -0.39 is 0 Å². The number of hydrogen-bond acceptors (Lipinski definition) is 3. The van der Waals surface area contributed by atoms with E-state index in [2.05, 4.69) is 168 Å². The van der Waals surface area contributed by atoms with Crippen LogP contribution in [0.4, 0.5) is 17.1 Å². The van der Waals surface area contributed by atoms with E-state index in [1.807, 2.05) is 30.3 Å². The van der Waals surface area contributed by atoms with Gasteiger partial charge in [-0.15, -0.1) is 0 Å². The maximum atomic E-state index is 5.55.